The van der Waals surface area contributed by atoms with Crippen molar-refractivity contribution in [3.8, 4) is 22.3 Å². The second-order valence-corrected chi connectivity index (χ2v) is 12.1. The number of rotatable bonds is 5. The molecule has 44 heavy (non-hydrogen) atoms. The highest BCUT2D eigenvalue weighted by Crippen LogP contribution is 2.28. The Bertz CT molecular complexity index is 1980. The van der Waals surface area contributed by atoms with E-state index in [9.17, 15) is 14.4 Å². The predicted molar refractivity (Wildman–Crippen MR) is 174 cm³/mol. The maximum atomic E-state index is 13.5. The van der Waals surface area contributed by atoms with E-state index in [1.807, 2.05) is 42.5 Å². The number of carbonyl (C=O) groups is 1. The van der Waals surface area contributed by atoms with Crippen molar-refractivity contribution in [2.24, 2.45) is 7.05 Å². The standard InChI is InChI=1S/C35H35N5O4/c1-35(2,3)26-9-10-27-29(18-26)36-20-28(32(27)41)23-7-5-6-22(16-23)25-17-30(34(43)39(4)21-25)38-31-11-8-24(19-37-31)33(42)40-12-14-44-15-13-40/h5-11,16-21H,12-15H2,1-4H3,(H,36,41)(H,37,38). The predicted octanol–water partition coefficient (Wildman–Crippen LogP) is 5.47. The summed E-state index contributed by atoms with van der Waals surface area (Å²) >= 11 is 0. The van der Waals surface area contributed by atoms with Crippen LogP contribution in [0, 0.1) is 0 Å². The van der Waals surface area contributed by atoms with E-state index in [1.54, 1.807) is 42.5 Å². The molecule has 1 aliphatic rings. The van der Waals surface area contributed by atoms with Crippen molar-refractivity contribution < 1.29 is 9.53 Å². The van der Waals surface area contributed by atoms with Gasteiger partial charge in [-0.05, 0) is 58.5 Å². The number of pyridine rings is 3. The van der Waals surface area contributed by atoms with Gasteiger partial charge in [0.15, 0.2) is 5.43 Å². The minimum Gasteiger partial charge on any atom is -0.378 e. The van der Waals surface area contributed by atoms with Gasteiger partial charge >= 0.3 is 0 Å². The second kappa shape index (κ2) is 11.6. The van der Waals surface area contributed by atoms with Gasteiger partial charge in [-0.25, -0.2) is 4.98 Å². The Morgan fingerprint density at radius 2 is 1.73 bits per heavy atom. The molecule has 0 bridgehead atoms. The highest BCUT2D eigenvalue weighted by atomic mass is 16.5. The van der Waals surface area contributed by atoms with Crippen LogP contribution in [0.5, 0.6) is 0 Å². The summed E-state index contributed by atoms with van der Waals surface area (Å²) in [6.07, 6.45) is 5.05. The van der Waals surface area contributed by atoms with Crippen LogP contribution >= 0.6 is 0 Å². The first-order valence-electron chi connectivity index (χ1n) is 14.7. The number of hydrogen-bond acceptors (Lipinski definition) is 6. The van der Waals surface area contributed by atoms with Crippen LogP contribution in [-0.4, -0.2) is 51.6 Å². The lowest BCUT2D eigenvalue weighted by Crippen LogP contribution is -2.40. The minimum atomic E-state index is -0.222. The molecule has 224 valence electrons. The highest BCUT2D eigenvalue weighted by Gasteiger charge is 2.19. The fraction of sp³-hybridized carbons (Fsp3) is 0.257. The zero-order chi connectivity index (χ0) is 31.0. The quantitative estimate of drug-likeness (QED) is 0.282. The van der Waals surface area contributed by atoms with E-state index in [-0.39, 0.29) is 22.3 Å². The molecule has 1 aliphatic heterocycles. The first-order chi connectivity index (χ1) is 21.1. The smallest absolute Gasteiger partial charge is 0.274 e. The molecule has 0 saturated carbocycles. The monoisotopic (exact) mass is 589 g/mol. The molecule has 2 N–H and O–H groups in total. The molecule has 0 radical (unpaired) electrons. The number of aromatic nitrogens is 3. The molecule has 1 fully saturated rings. The van der Waals surface area contributed by atoms with E-state index in [1.165, 1.54) is 10.8 Å². The molecule has 9 nitrogen and oxygen atoms in total. The Kier molecular flexibility index (Phi) is 7.65. The molecule has 4 heterocycles. The molecule has 3 aromatic heterocycles. The SMILES string of the molecule is Cn1cc(-c2cccc(-c3c[nH]c4cc(C(C)(C)C)ccc4c3=O)c2)cc(Nc2ccc(C(=O)N3CCOCC3)cn2)c1=O. The molecule has 0 spiro atoms. The molecular weight excluding hydrogens is 554 g/mol. The summed E-state index contributed by atoms with van der Waals surface area (Å²) in [5.74, 6) is 0.355. The van der Waals surface area contributed by atoms with Gasteiger partial charge in [0, 0.05) is 60.8 Å². The molecule has 5 aromatic rings. The van der Waals surface area contributed by atoms with Gasteiger partial charge in [-0.1, -0.05) is 45.0 Å². The van der Waals surface area contributed by atoms with Crippen LogP contribution in [0.25, 0.3) is 33.2 Å². The van der Waals surface area contributed by atoms with E-state index in [0.29, 0.717) is 54.3 Å². The average molecular weight is 590 g/mol. The van der Waals surface area contributed by atoms with Gasteiger partial charge in [0.25, 0.3) is 11.5 Å². The number of benzene rings is 2. The van der Waals surface area contributed by atoms with Crippen LogP contribution < -0.4 is 16.3 Å². The molecule has 6 rings (SSSR count). The molecule has 2 aromatic carbocycles. The number of amides is 1. The highest BCUT2D eigenvalue weighted by molar-refractivity contribution is 5.94. The van der Waals surface area contributed by atoms with Crippen molar-refractivity contribution in [3.05, 3.63) is 111 Å². The number of carbonyl (C=O) groups excluding carboxylic acids is 1. The number of morpholine rings is 1. The van der Waals surface area contributed by atoms with Crippen LogP contribution in [0.3, 0.4) is 0 Å². The Morgan fingerprint density at radius 1 is 0.955 bits per heavy atom. The molecule has 1 saturated heterocycles. The second-order valence-electron chi connectivity index (χ2n) is 12.1. The molecule has 0 atom stereocenters. The normalized spacial score (nSPS) is 13.7. The van der Waals surface area contributed by atoms with E-state index < -0.39 is 0 Å². The van der Waals surface area contributed by atoms with Gasteiger partial charge in [-0.2, -0.15) is 0 Å². The summed E-state index contributed by atoms with van der Waals surface area (Å²) in [6.45, 7) is 8.60. The van der Waals surface area contributed by atoms with Gasteiger partial charge in [0.1, 0.15) is 11.5 Å². The fourth-order valence-electron chi connectivity index (χ4n) is 5.41. The number of fused-ring (bicyclic) bond motifs is 1. The summed E-state index contributed by atoms with van der Waals surface area (Å²) < 4.78 is 6.84. The Balaban J connectivity index is 1.28. The number of aromatic amines is 1. The number of H-pyrrole nitrogens is 1. The number of nitrogens with one attached hydrogen (secondary N) is 2. The summed E-state index contributed by atoms with van der Waals surface area (Å²) in [5.41, 5.74) is 5.49. The number of anilines is 2. The summed E-state index contributed by atoms with van der Waals surface area (Å²) in [5, 5.41) is 3.75. The van der Waals surface area contributed by atoms with E-state index >= 15 is 0 Å². The molecule has 1 amide bonds. The maximum Gasteiger partial charge on any atom is 0.274 e. The first-order valence-corrected chi connectivity index (χ1v) is 14.7. The molecule has 0 unspecified atom stereocenters. The van der Waals surface area contributed by atoms with Crippen LogP contribution in [-0.2, 0) is 17.2 Å². The Hall–Kier alpha value is -5.02. The van der Waals surface area contributed by atoms with Crippen molar-refractivity contribution in [1.29, 1.82) is 0 Å². The Morgan fingerprint density at radius 3 is 2.45 bits per heavy atom. The third-order valence-corrected chi connectivity index (χ3v) is 8.01. The van der Waals surface area contributed by atoms with Crippen LogP contribution in [0.2, 0.25) is 0 Å². The fourth-order valence-corrected chi connectivity index (χ4v) is 5.41. The van der Waals surface area contributed by atoms with Gasteiger partial charge in [-0.15, -0.1) is 0 Å². The lowest BCUT2D eigenvalue weighted by Gasteiger charge is -2.26. The topological polar surface area (TPSA) is 109 Å². The number of aryl methyl sites for hydroxylation is 1. The third kappa shape index (κ3) is 5.78. The average Bonchev–Trinajstić information content (AvgIpc) is 3.03. The van der Waals surface area contributed by atoms with Crippen molar-refractivity contribution in [2.75, 3.05) is 31.6 Å². The van der Waals surface area contributed by atoms with Gasteiger partial charge < -0.3 is 24.5 Å². The van der Waals surface area contributed by atoms with Crippen molar-refractivity contribution >= 4 is 28.3 Å². The molecule has 9 heteroatoms. The van der Waals surface area contributed by atoms with Gasteiger partial charge in [0.05, 0.1) is 18.8 Å². The zero-order valence-corrected chi connectivity index (χ0v) is 25.3. The lowest BCUT2D eigenvalue weighted by atomic mass is 9.86. The minimum absolute atomic E-state index is 0.0246. The van der Waals surface area contributed by atoms with Crippen LogP contribution in [0.15, 0.2) is 88.8 Å². The summed E-state index contributed by atoms with van der Waals surface area (Å²) in [4.78, 5) is 48.8. The summed E-state index contributed by atoms with van der Waals surface area (Å²) in [6, 6.07) is 18.8. The lowest BCUT2D eigenvalue weighted by molar-refractivity contribution is 0.0302. The summed E-state index contributed by atoms with van der Waals surface area (Å²) in [7, 11) is 1.69. The molecule has 0 aliphatic carbocycles. The largest absolute Gasteiger partial charge is 0.378 e. The first kappa shape index (κ1) is 29.1. The van der Waals surface area contributed by atoms with Crippen LogP contribution in [0.1, 0.15) is 36.7 Å². The third-order valence-electron chi connectivity index (χ3n) is 8.01. The van der Waals surface area contributed by atoms with E-state index in [4.69, 9.17) is 4.74 Å². The van der Waals surface area contributed by atoms with Gasteiger partial charge in [0.2, 0.25) is 0 Å². The van der Waals surface area contributed by atoms with Crippen molar-refractivity contribution in [2.45, 2.75) is 26.2 Å². The van der Waals surface area contributed by atoms with Crippen molar-refractivity contribution in [1.82, 2.24) is 19.4 Å². The number of ether oxygens (including phenoxy) is 1. The zero-order valence-electron chi connectivity index (χ0n) is 25.3. The maximum absolute atomic E-state index is 13.5. The van der Waals surface area contributed by atoms with E-state index in [2.05, 4.69) is 36.1 Å². The number of nitrogens with zero attached hydrogens (tertiary/aromatic N) is 3. The van der Waals surface area contributed by atoms with Gasteiger partial charge in [-0.3, -0.25) is 14.4 Å². The molecular formula is C35H35N5O4. The Labute approximate surface area is 255 Å². The van der Waals surface area contributed by atoms with Crippen LogP contribution in [0.4, 0.5) is 11.5 Å². The number of hydrogen-bond donors (Lipinski definition) is 2. The van der Waals surface area contributed by atoms with E-state index in [0.717, 1.165) is 27.8 Å². The van der Waals surface area contributed by atoms with Crippen molar-refractivity contribution in [3.63, 3.8) is 0 Å².